The summed E-state index contributed by atoms with van der Waals surface area (Å²) in [6.07, 6.45) is 9.23. The molecule has 8 heteroatoms. The van der Waals surface area contributed by atoms with E-state index in [9.17, 15) is 9.59 Å². The normalized spacial score (nSPS) is 17.7. The molecule has 1 fully saturated rings. The lowest BCUT2D eigenvalue weighted by Gasteiger charge is -2.32. The fraction of sp³-hybridized carbons (Fsp3) is 0.652. The van der Waals surface area contributed by atoms with Crippen LogP contribution >= 0.6 is 0 Å². The Morgan fingerprint density at radius 2 is 2.00 bits per heavy atom. The molecule has 1 saturated heterocycles. The van der Waals surface area contributed by atoms with Gasteiger partial charge in [0.05, 0.1) is 24.0 Å². The van der Waals surface area contributed by atoms with Crippen molar-refractivity contribution in [2.24, 2.45) is 0 Å². The minimum atomic E-state index is -0.0697. The molecule has 2 aliphatic rings. The number of rotatable bonds is 7. The maximum atomic E-state index is 12.8. The number of hydrogen-bond donors (Lipinski definition) is 1. The second kappa shape index (κ2) is 9.77. The Balaban J connectivity index is 1.36. The van der Waals surface area contributed by atoms with E-state index in [1.165, 1.54) is 5.56 Å². The highest BCUT2D eigenvalue weighted by Gasteiger charge is 2.27. The summed E-state index contributed by atoms with van der Waals surface area (Å²) in [5.41, 5.74) is 2.74. The van der Waals surface area contributed by atoms with E-state index in [2.05, 4.69) is 28.1 Å². The maximum absolute atomic E-state index is 12.8. The molecular formula is C23H34N6O2. The van der Waals surface area contributed by atoms with Crippen LogP contribution in [0.25, 0.3) is 0 Å². The van der Waals surface area contributed by atoms with Gasteiger partial charge in [-0.3, -0.25) is 19.2 Å². The standard InChI is InChI=1S/C23H34N6O2/c1-3-5-21(30)28-12-8-20-19(16-28)23(31)26-22(25-20)18-6-10-27(11-7-18)14-17-13-24-29(15-17)9-4-2/h13,15,18H,3-12,14,16H2,1-2H3,(H,25,26,31). The van der Waals surface area contributed by atoms with Crippen LogP contribution in [0.1, 0.15) is 74.5 Å². The van der Waals surface area contributed by atoms with E-state index in [-0.39, 0.29) is 17.4 Å². The first-order chi connectivity index (χ1) is 15.1. The molecular weight excluding hydrogens is 392 g/mol. The Morgan fingerprint density at radius 1 is 1.19 bits per heavy atom. The van der Waals surface area contributed by atoms with Gasteiger partial charge in [-0.15, -0.1) is 0 Å². The highest BCUT2D eigenvalue weighted by atomic mass is 16.2. The van der Waals surface area contributed by atoms with Gasteiger partial charge in [0.2, 0.25) is 5.91 Å². The van der Waals surface area contributed by atoms with Crippen molar-refractivity contribution in [3.05, 3.63) is 45.4 Å². The summed E-state index contributed by atoms with van der Waals surface area (Å²) in [4.78, 5) is 37.1. The molecule has 8 nitrogen and oxygen atoms in total. The van der Waals surface area contributed by atoms with Gasteiger partial charge in [-0.25, -0.2) is 4.98 Å². The minimum Gasteiger partial charge on any atom is -0.338 e. The van der Waals surface area contributed by atoms with Crippen LogP contribution in [-0.2, 0) is 30.8 Å². The number of carbonyl (C=O) groups excluding carboxylic acids is 1. The fourth-order valence-electron chi connectivity index (χ4n) is 4.68. The molecule has 31 heavy (non-hydrogen) atoms. The number of aryl methyl sites for hydroxylation is 1. The van der Waals surface area contributed by atoms with E-state index >= 15 is 0 Å². The van der Waals surface area contributed by atoms with E-state index in [4.69, 9.17) is 4.98 Å². The predicted molar refractivity (Wildman–Crippen MR) is 119 cm³/mol. The summed E-state index contributed by atoms with van der Waals surface area (Å²) in [6, 6.07) is 0. The van der Waals surface area contributed by atoms with Gasteiger partial charge in [0.25, 0.3) is 5.56 Å². The molecule has 0 unspecified atom stereocenters. The lowest BCUT2D eigenvalue weighted by atomic mass is 9.95. The number of piperidine rings is 1. The molecule has 1 N–H and O–H groups in total. The Hall–Kier alpha value is -2.48. The van der Waals surface area contributed by atoms with E-state index in [0.717, 1.165) is 63.4 Å². The zero-order chi connectivity index (χ0) is 21.8. The topological polar surface area (TPSA) is 87.1 Å². The Bertz CT molecular complexity index is 957. The van der Waals surface area contributed by atoms with E-state index < -0.39 is 0 Å². The van der Waals surface area contributed by atoms with Gasteiger partial charge < -0.3 is 9.88 Å². The van der Waals surface area contributed by atoms with Gasteiger partial charge >= 0.3 is 0 Å². The van der Waals surface area contributed by atoms with Gasteiger partial charge in [0.1, 0.15) is 5.82 Å². The smallest absolute Gasteiger partial charge is 0.256 e. The van der Waals surface area contributed by atoms with Gasteiger partial charge in [-0.2, -0.15) is 5.10 Å². The zero-order valence-corrected chi connectivity index (χ0v) is 18.8. The van der Waals surface area contributed by atoms with Crippen molar-refractivity contribution in [2.45, 2.75) is 77.9 Å². The molecule has 168 valence electrons. The molecule has 4 heterocycles. The summed E-state index contributed by atoms with van der Waals surface area (Å²) in [5.74, 6) is 1.24. The first-order valence-electron chi connectivity index (χ1n) is 11.7. The van der Waals surface area contributed by atoms with Crippen LogP contribution in [0.5, 0.6) is 0 Å². The molecule has 0 radical (unpaired) electrons. The Kier molecular flexibility index (Phi) is 6.85. The number of nitrogens with one attached hydrogen (secondary N) is 1. The van der Waals surface area contributed by atoms with Crippen LogP contribution in [0, 0.1) is 0 Å². The van der Waals surface area contributed by atoms with E-state index in [0.29, 0.717) is 31.5 Å². The first-order valence-corrected chi connectivity index (χ1v) is 11.7. The van der Waals surface area contributed by atoms with Crippen molar-refractivity contribution in [1.82, 2.24) is 29.5 Å². The van der Waals surface area contributed by atoms with Crippen molar-refractivity contribution in [2.75, 3.05) is 19.6 Å². The van der Waals surface area contributed by atoms with Crippen LogP contribution < -0.4 is 5.56 Å². The van der Waals surface area contributed by atoms with Crippen LogP contribution in [0.2, 0.25) is 0 Å². The Morgan fingerprint density at radius 3 is 2.74 bits per heavy atom. The predicted octanol–water partition coefficient (Wildman–Crippen LogP) is 2.44. The lowest BCUT2D eigenvalue weighted by molar-refractivity contribution is -0.132. The fourth-order valence-corrected chi connectivity index (χ4v) is 4.68. The van der Waals surface area contributed by atoms with Crippen LogP contribution in [0.15, 0.2) is 17.2 Å². The minimum absolute atomic E-state index is 0.0697. The number of likely N-dealkylation sites (tertiary alicyclic amines) is 1. The molecule has 0 bridgehead atoms. The quantitative estimate of drug-likeness (QED) is 0.735. The number of carbonyl (C=O) groups is 1. The summed E-state index contributed by atoms with van der Waals surface area (Å²) >= 11 is 0. The molecule has 0 atom stereocenters. The summed E-state index contributed by atoms with van der Waals surface area (Å²) in [5, 5.41) is 4.43. The first kappa shape index (κ1) is 21.7. The number of aromatic amines is 1. The number of aromatic nitrogens is 4. The molecule has 0 aliphatic carbocycles. The molecule has 1 amide bonds. The monoisotopic (exact) mass is 426 g/mol. The third-order valence-electron chi connectivity index (χ3n) is 6.42. The van der Waals surface area contributed by atoms with Crippen molar-refractivity contribution in [3.8, 4) is 0 Å². The summed E-state index contributed by atoms with van der Waals surface area (Å²) in [6.45, 7) is 9.07. The second-order valence-electron chi connectivity index (χ2n) is 8.85. The zero-order valence-electron chi connectivity index (χ0n) is 18.8. The third kappa shape index (κ3) is 5.06. The molecule has 2 aromatic heterocycles. The number of hydrogen-bond acceptors (Lipinski definition) is 5. The number of amides is 1. The highest BCUT2D eigenvalue weighted by molar-refractivity contribution is 5.76. The highest BCUT2D eigenvalue weighted by Crippen LogP contribution is 2.27. The van der Waals surface area contributed by atoms with Gasteiger partial charge in [-0.1, -0.05) is 13.8 Å². The average molecular weight is 427 g/mol. The molecule has 2 aromatic rings. The van der Waals surface area contributed by atoms with Crippen molar-refractivity contribution in [1.29, 1.82) is 0 Å². The molecule has 4 rings (SSSR count). The molecule has 2 aliphatic heterocycles. The van der Waals surface area contributed by atoms with Gasteiger partial charge in [0, 0.05) is 50.2 Å². The van der Waals surface area contributed by atoms with Gasteiger partial charge in [-0.05, 0) is 38.8 Å². The van der Waals surface area contributed by atoms with Crippen molar-refractivity contribution in [3.63, 3.8) is 0 Å². The average Bonchev–Trinajstić information content (AvgIpc) is 3.21. The molecule has 0 saturated carbocycles. The molecule has 0 spiro atoms. The van der Waals surface area contributed by atoms with Crippen molar-refractivity contribution < 1.29 is 4.79 Å². The van der Waals surface area contributed by atoms with E-state index in [1.807, 2.05) is 17.8 Å². The van der Waals surface area contributed by atoms with Gasteiger partial charge in [0.15, 0.2) is 0 Å². The van der Waals surface area contributed by atoms with Crippen molar-refractivity contribution >= 4 is 5.91 Å². The molecule has 0 aromatic carbocycles. The third-order valence-corrected chi connectivity index (χ3v) is 6.42. The van der Waals surface area contributed by atoms with Crippen LogP contribution in [0.3, 0.4) is 0 Å². The SMILES string of the molecule is CCCC(=O)N1CCc2nc(C3CCN(Cc4cnn(CCC)c4)CC3)[nH]c(=O)c2C1. The lowest BCUT2D eigenvalue weighted by Crippen LogP contribution is -2.40. The largest absolute Gasteiger partial charge is 0.338 e. The van der Waals surface area contributed by atoms with E-state index in [1.54, 1.807) is 4.90 Å². The maximum Gasteiger partial charge on any atom is 0.256 e. The number of fused-ring (bicyclic) bond motifs is 1. The summed E-state index contributed by atoms with van der Waals surface area (Å²) in [7, 11) is 0. The number of nitrogens with zero attached hydrogens (tertiary/aromatic N) is 5. The van der Waals surface area contributed by atoms with Crippen LogP contribution in [0.4, 0.5) is 0 Å². The number of H-pyrrole nitrogens is 1. The Labute approximate surface area is 183 Å². The van der Waals surface area contributed by atoms with Crippen LogP contribution in [-0.4, -0.2) is 55.1 Å². The summed E-state index contributed by atoms with van der Waals surface area (Å²) < 4.78 is 2.01. The second-order valence-corrected chi connectivity index (χ2v) is 8.85.